The normalized spacial score (nSPS) is 14.0. The molecule has 0 spiro atoms. The van der Waals surface area contributed by atoms with Gasteiger partial charge in [0.2, 0.25) is 5.88 Å². The van der Waals surface area contributed by atoms with E-state index >= 15 is 0 Å². The number of hydrogen-bond acceptors (Lipinski definition) is 6. The lowest BCUT2D eigenvalue weighted by Crippen LogP contribution is -2.10. The van der Waals surface area contributed by atoms with Gasteiger partial charge in [-0.3, -0.25) is 10.1 Å². The van der Waals surface area contributed by atoms with Gasteiger partial charge < -0.3 is 4.74 Å². The first-order valence-corrected chi connectivity index (χ1v) is 10.5. The predicted molar refractivity (Wildman–Crippen MR) is 110 cm³/mol. The zero-order valence-corrected chi connectivity index (χ0v) is 17.8. The van der Waals surface area contributed by atoms with Gasteiger partial charge >= 0.3 is 6.18 Å². The molecular weight excluding hydrogens is 478 g/mol. The molecule has 0 bridgehead atoms. The van der Waals surface area contributed by atoms with Gasteiger partial charge in [0.25, 0.3) is 5.69 Å². The van der Waals surface area contributed by atoms with Gasteiger partial charge in [-0.1, -0.05) is 29.3 Å². The van der Waals surface area contributed by atoms with Crippen molar-refractivity contribution in [2.75, 3.05) is 0 Å². The zero-order chi connectivity index (χ0) is 22.3. The third-order valence-corrected chi connectivity index (χ3v) is 6.37. The Labute approximate surface area is 187 Å². The van der Waals surface area contributed by atoms with Crippen LogP contribution in [-0.2, 0) is 12.8 Å². The van der Waals surface area contributed by atoms with Crippen molar-refractivity contribution in [3.63, 3.8) is 0 Å². The van der Waals surface area contributed by atoms with Gasteiger partial charge in [-0.05, 0) is 42.4 Å². The van der Waals surface area contributed by atoms with Crippen LogP contribution in [0.4, 0.5) is 18.9 Å². The van der Waals surface area contributed by atoms with Crippen LogP contribution in [-0.4, -0.2) is 14.3 Å². The van der Waals surface area contributed by atoms with Crippen LogP contribution in [0.1, 0.15) is 34.8 Å². The van der Waals surface area contributed by atoms with Crippen LogP contribution in [0, 0.1) is 10.1 Å². The molecule has 0 N–H and O–H groups in total. The van der Waals surface area contributed by atoms with Crippen LogP contribution in [0.3, 0.4) is 0 Å². The van der Waals surface area contributed by atoms with Crippen LogP contribution < -0.4 is 4.74 Å². The first kappa shape index (κ1) is 21.8. The minimum atomic E-state index is -4.93. The smallest absolute Gasteiger partial charge is 0.423 e. The third kappa shape index (κ3) is 4.46. The summed E-state index contributed by atoms with van der Waals surface area (Å²) in [6.45, 7) is -0.138. The maximum absolute atomic E-state index is 13.2. The number of rotatable bonds is 6. The Balaban J connectivity index is 1.69. The molecule has 4 rings (SSSR count). The highest BCUT2D eigenvalue weighted by Gasteiger charge is 2.39. The molecule has 162 valence electrons. The Morgan fingerprint density at radius 1 is 1.26 bits per heavy atom. The molecule has 0 saturated heterocycles. The minimum absolute atomic E-state index is 0.138. The fourth-order valence-corrected chi connectivity index (χ4v) is 4.69. The van der Waals surface area contributed by atoms with E-state index < -0.39 is 22.4 Å². The maximum Gasteiger partial charge on any atom is 0.423 e. The van der Waals surface area contributed by atoms with E-state index in [1.54, 1.807) is 18.2 Å². The third-order valence-electron chi connectivity index (χ3n) is 4.69. The van der Waals surface area contributed by atoms with Gasteiger partial charge in [0, 0.05) is 22.1 Å². The molecule has 0 unspecified atom stereocenters. The van der Waals surface area contributed by atoms with Crippen molar-refractivity contribution in [1.29, 1.82) is 0 Å². The number of ether oxygens (including phenoxy) is 1. The molecular formula is C19H12Cl2F3N3O3S. The summed E-state index contributed by atoms with van der Waals surface area (Å²) in [7, 11) is 0. The molecule has 0 aliphatic heterocycles. The van der Waals surface area contributed by atoms with Gasteiger partial charge in [-0.2, -0.15) is 17.5 Å². The summed E-state index contributed by atoms with van der Waals surface area (Å²) in [6, 6.07) is 5.54. The van der Waals surface area contributed by atoms with Crippen LogP contribution in [0.15, 0.2) is 30.5 Å². The van der Waals surface area contributed by atoms with Crippen molar-refractivity contribution in [3.05, 3.63) is 66.6 Å². The van der Waals surface area contributed by atoms with E-state index in [9.17, 15) is 23.3 Å². The van der Waals surface area contributed by atoms with E-state index in [1.165, 1.54) is 11.5 Å². The lowest BCUT2D eigenvalue weighted by molar-refractivity contribution is -0.388. The number of aromatic nitrogens is 2. The second-order valence-electron chi connectivity index (χ2n) is 6.83. The highest BCUT2D eigenvalue weighted by atomic mass is 35.5. The highest BCUT2D eigenvalue weighted by Crippen LogP contribution is 2.48. The van der Waals surface area contributed by atoms with Gasteiger partial charge in [-0.15, -0.1) is 0 Å². The molecule has 1 aliphatic carbocycles. The summed E-state index contributed by atoms with van der Waals surface area (Å²) in [5.74, 6) is -0.0938. The molecule has 12 heteroatoms. The predicted octanol–water partition coefficient (Wildman–Crippen LogP) is 6.90. The van der Waals surface area contributed by atoms with Crippen molar-refractivity contribution in [1.82, 2.24) is 9.36 Å². The van der Waals surface area contributed by atoms with E-state index in [2.05, 4.69) is 9.36 Å². The van der Waals surface area contributed by atoms with E-state index in [0.29, 0.717) is 45.0 Å². The number of alkyl halides is 3. The Bertz CT molecular complexity index is 1150. The van der Waals surface area contributed by atoms with Crippen LogP contribution >= 0.6 is 34.7 Å². The average molecular weight is 490 g/mol. The number of nitrogens with zero attached hydrogens (tertiary/aromatic N) is 3. The van der Waals surface area contributed by atoms with E-state index in [1.807, 2.05) is 0 Å². The fourth-order valence-electron chi connectivity index (χ4n) is 3.07. The number of halogens is 5. The number of pyridine rings is 1. The molecule has 0 atom stereocenters. The standard InChI is InChI=1S/C19H12Cl2F3N3O3S/c20-12-2-1-3-13(21)16(12)17-10(18(31-26-17)9-4-5-9)8-30-15-6-11(19(22,23)24)14(7-25-15)27(28)29/h1-3,6-7,9H,4-5,8H2. The fraction of sp³-hybridized carbons (Fsp3) is 0.263. The van der Waals surface area contributed by atoms with Gasteiger partial charge in [-0.25, -0.2) is 4.98 Å². The lowest BCUT2D eigenvalue weighted by Gasteiger charge is -2.12. The SMILES string of the molecule is O=[N+]([O-])c1cnc(OCc2c(-c3c(Cl)cccc3Cl)nsc2C2CC2)cc1C(F)(F)F. The van der Waals surface area contributed by atoms with Crippen LogP contribution in [0.25, 0.3) is 11.3 Å². The Kier molecular flexibility index (Phi) is 5.80. The molecule has 0 amide bonds. The molecule has 6 nitrogen and oxygen atoms in total. The summed E-state index contributed by atoms with van der Waals surface area (Å²) in [6.07, 6.45) is -2.45. The van der Waals surface area contributed by atoms with Crippen molar-refractivity contribution in [3.8, 4) is 17.1 Å². The quantitative estimate of drug-likeness (QED) is 0.278. The molecule has 1 aliphatic rings. The van der Waals surface area contributed by atoms with Crippen LogP contribution in [0.5, 0.6) is 5.88 Å². The average Bonchev–Trinajstić information content (AvgIpc) is 3.46. The first-order valence-electron chi connectivity index (χ1n) is 8.94. The number of hydrogen-bond donors (Lipinski definition) is 0. The highest BCUT2D eigenvalue weighted by molar-refractivity contribution is 7.06. The van der Waals surface area contributed by atoms with E-state index in [0.717, 1.165) is 17.7 Å². The van der Waals surface area contributed by atoms with Crippen molar-refractivity contribution < 1.29 is 22.8 Å². The molecule has 31 heavy (non-hydrogen) atoms. The zero-order valence-electron chi connectivity index (χ0n) is 15.4. The van der Waals surface area contributed by atoms with Gasteiger partial charge in [0.1, 0.15) is 18.4 Å². The van der Waals surface area contributed by atoms with Crippen molar-refractivity contribution in [2.45, 2.75) is 31.5 Å². The number of nitro groups is 1. The first-order chi connectivity index (χ1) is 14.7. The Morgan fingerprint density at radius 3 is 2.52 bits per heavy atom. The van der Waals surface area contributed by atoms with Crippen LogP contribution in [0.2, 0.25) is 10.0 Å². The van der Waals surface area contributed by atoms with Gasteiger partial charge in [0.15, 0.2) is 0 Å². The van der Waals surface area contributed by atoms with Crippen molar-refractivity contribution >= 4 is 40.4 Å². The molecule has 1 saturated carbocycles. The largest absolute Gasteiger partial charge is 0.473 e. The topological polar surface area (TPSA) is 78.2 Å². The lowest BCUT2D eigenvalue weighted by atomic mass is 10.0. The molecule has 3 aromatic rings. The Morgan fingerprint density at radius 2 is 1.94 bits per heavy atom. The monoisotopic (exact) mass is 489 g/mol. The molecule has 0 radical (unpaired) electrons. The Hall–Kier alpha value is -2.43. The maximum atomic E-state index is 13.2. The molecule has 2 aromatic heterocycles. The molecule has 1 aromatic carbocycles. The summed E-state index contributed by atoms with van der Waals surface area (Å²) in [5.41, 5.74) is -0.890. The van der Waals surface area contributed by atoms with Gasteiger partial charge in [0.05, 0.1) is 20.7 Å². The van der Waals surface area contributed by atoms with Crippen molar-refractivity contribution in [2.24, 2.45) is 0 Å². The molecule has 2 heterocycles. The second-order valence-corrected chi connectivity index (χ2v) is 8.45. The molecule has 1 fully saturated rings. The second kappa shape index (κ2) is 8.25. The van der Waals surface area contributed by atoms with E-state index in [4.69, 9.17) is 27.9 Å². The summed E-state index contributed by atoms with van der Waals surface area (Å²) in [5, 5.41) is 11.7. The number of benzene rings is 1. The minimum Gasteiger partial charge on any atom is -0.473 e. The summed E-state index contributed by atoms with van der Waals surface area (Å²) in [4.78, 5) is 14.4. The summed E-state index contributed by atoms with van der Waals surface area (Å²) < 4.78 is 49.7. The summed E-state index contributed by atoms with van der Waals surface area (Å²) >= 11 is 13.9. The van der Waals surface area contributed by atoms with E-state index in [-0.39, 0.29) is 12.5 Å².